The van der Waals surface area contributed by atoms with Crippen LogP contribution in [0.4, 0.5) is 5.69 Å². The molecule has 14 heavy (non-hydrogen) atoms. The lowest BCUT2D eigenvalue weighted by molar-refractivity contribution is 0.390. The van der Waals surface area contributed by atoms with Gasteiger partial charge in [0.05, 0.1) is 13.3 Å². The Balaban J connectivity index is 2.20. The molecule has 5 nitrogen and oxygen atoms in total. The minimum absolute atomic E-state index is 0.606. The maximum absolute atomic E-state index is 5.16. The van der Waals surface area contributed by atoms with Crippen molar-refractivity contribution in [3.05, 3.63) is 12.3 Å². The summed E-state index contributed by atoms with van der Waals surface area (Å²) in [5, 5.41) is 11.0. The Bertz CT molecular complexity index is 299. The first kappa shape index (κ1) is 9.21. The van der Waals surface area contributed by atoms with Crippen LogP contribution < -0.4 is 15.0 Å². The Morgan fingerprint density at radius 1 is 1.43 bits per heavy atom. The zero-order chi connectivity index (χ0) is 9.80. The van der Waals surface area contributed by atoms with Gasteiger partial charge in [0.2, 0.25) is 0 Å². The normalized spacial score (nSPS) is 16.8. The molecular formula is C9H14N4O. The van der Waals surface area contributed by atoms with E-state index in [4.69, 9.17) is 4.74 Å². The van der Waals surface area contributed by atoms with Crippen LogP contribution in [-0.2, 0) is 0 Å². The summed E-state index contributed by atoms with van der Waals surface area (Å²) in [4.78, 5) is 2.25. The maximum atomic E-state index is 5.16. The number of anilines is 1. The fourth-order valence-electron chi connectivity index (χ4n) is 1.60. The molecule has 5 heteroatoms. The lowest BCUT2D eigenvalue weighted by Gasteiger charge is -2.29. The van der Waals surface area contributed by atoms with Crippen molar-refractivity contribution in [2.24, 2.45) is 0 Å². The molecule has 1 aliphatic rings. The molecule has 0 aliphatic carbocycles. The van der Waals surface area contributed by atoms with Gasteiger partial charge in [0.25, 0.3) is 5.88 Å². The van der Waals surface area contributed by atoms with E-state index < -0.39 is 0 Å². The number of nitrogens with zero attached hydrogens (tertiary/aromatic N) is 3. The molecule has 0 saturated carbocycles. The summed E-state index contributed by atoms with van der Waals surface area (Å²) in [5.74, 6) is 0.606. The van der Waals surface area contributed by atoms with Crippen LogP contribution in [-0.4, -0.2) is 43.5 Å². The molecule has 1 aromatic rings. The molecule has 0 bridgehead atoms. The molecule has 0 radical (unpaired) electrons. The average molecular weight is 194 g/mol. The minimum atomic E-state index is 0.606. The molecular weight excluding hydrogens is 180 g/mol. The van der Waals surface area contributed by atoms with Crippen LogP contribution in [0.3, 0.4) is 0 Å². The first-order valence-corrected chi connectivity index (χ1v) is 4.73. The number of ether oxygens (including phenoxy) is 1. The quantitative estimate of drug-likeness (QED) is 0.712. The highest BCUT2D eigenvalue weighted by atomic mass is 16.5. The number of hydrogen-bond donors (Lipinski definition) is 1. The molecule has 1 aromatic heterocycles. The molecule has 0 amide bonds. The zero-order valence-electron chi connectivity index (χ0n) is 8.23. The number of piperazine rings is 1. The molecule has 1 saturated heterocycles. The number of hydrogen-bond acceptors (Lipinski definition) is 5. The number of aromatic nitrogens is 2. The molecule has 1 N–H and O–H groups in total. The molecule has 1 aliphatic heterocycles. The Morgan fingerprint density at radius 2 is 2.21 bits per heavy atom. The van der Waals surface area contributed by atoms with Crippen LogP contribution in [0.2, 0.25) is 0 Å². The van der Waals surface area contributed by atoms with E-state index in [9.17, 15) is 0 Å². The fraction of sp³-hybridized carbons (Fsp3) is 0.556. The van der Waals surface area contributed by atoms with Crippen molar-refractivity contribution >= 4 is 5.69 Å². The second kappa shape index (κ2) is 4.23. The SMILES string of the molecule is COc1nnccc1N1CCNCC1. The summed E-state index contributed by atoms with van der Waals surface area (Å²) in [6.45, 7) is 3.99. The van der Waals surface area contributed by atoms with Crippen molar-refractivity contribution in [2.45, 2.75) is 0 Å². The highest BCUT2D eigenvalue weighted by molar-refractivity contribution is 5.54. The third-order valence-corrected chi connectivity index (χ3v) is 2.32. The van der Waals surface area contributed by atoms with Crippen molar-refractivity contribution in [3.63, 3.8) is 0 Å². The Morgan fingerprint density at radius 3 is 2.93 bits per heavy atom. The van der Waals surface area contributed by atoms with Gasteiger partial charge in [-0.15, -0.1) is 5.10 Å². The van der Waals surface area contributed by atoms with E-state index in [1.165, 1.54) is 0 Å². The van der Waals surface area contributed by atoms with Crippen molar-refractivity contribution < 1.29 is 4.74 Å². The third-order valence-electron chi connectivity index (χ3n) is 2.32. The Labute approximate surface area is 83.1 Å². The van der Waals surface area contributed by atoms with Crippen LogP contribution in [0.25, 0.3) is 0 Å². The van der Waals surface area contributed by atoms with Gasteiger partial charge in [-0.1, -0.05) is 0 Å². The van der Waals surface area contributed by atoms with E-state index in [0.717, 1.165) is 31.9 Å². The standard InChI is InChI=1S/C9H14N4O/c1-14-9-8(2-3-11-12-9)13-6-4-10-5-7-13/h2-3,10H,4-7H2,1H3. The highest BCUT2D eigenvalue weighted by Crippen LogP contribution is 2.23. The molecule has 2 heterocycles. The van der Waals surface area contributed by atoms with E-state index in [2.05, 4.69) is 20.4 Å². The molecule has 0 unspecified atom stereocenters. The lowest BCUT2D eigenvalue weighted by Crippen LogP contribution is -2.43. The fourth-order valence-corrected chi connectivity index (χ4v) is 1.60. The van der Waals surface area contributed by atoms with Crippen LogP contribution in [0.1, 0.15) is 0 Å². The number of rotatable bonds is 2. The van der Waals surface area contributed by atoms with Gasteiger partial charge in [-0.3, -0.25) is 0 Å². The minimum Gasteiger partial charge on any atom is -0.478 e. The molecule has 0 spiro atoms. The zero-order valence-corrected chi connectivity index (χ0v) is 8.23. The molecule has 1 fully saturated rings. The smallest absolute Gasteiger partial charge is 0.257 e. The van der Waals surface area contributed by atoms with Gasteiger partial charge in [0, 0.05) is 26.2 Å². The van der Waals surface area contributed by atoms with Gasteiger partial charge in [-0.2, -0.15) is 5.10 Å². The summed E-state index contributed by atoms with van der Waals surface area (Å²) < 4.78 is 5.16. The number of methoxy groups -OCH3 is 1. The number of nitrogens with one attached hydrogen (secondary N) is 1. The molecule has 76 valence electrons. The van der Waals surface area contributed by atoms with Gasteiger partial charge in [-0.05, 0) is 6.07 Å². The third kappa shape index (κ3) is 1.77. The Hall–Kier alpha value is -1.36. The van der Waals surface area contributed by atoms with Crippen molar-refractivity contribution in [3.8, 4) is 5.88 Å². The van der Waals surface area contributed by atoms with Crippen LogP contribution in [0.5, 0.6) is 5.88 Å². The van der Waals surface area contributed by atoms with Gasteiger partial charge >= 0.3 is 0 Å². The van der Waals surface area contributed by atoms with Crippen molar-refractivity contribution in [1.82, 2.24) is 15.5 Å². The first-order chi connectivity index (χ1) is 6.92. The summed E-state index contributed by atoms with van der Waals surface area (Å²) >= 11 is 0. The van der Waals surface area contributed by atoms with Gasteiger partial charge in [0.15, 0.2) is 0 Å². The van der Waals surface area contributed by atoms with Crippen molar-refractivity contribution in [1.29, 1.82) is 0 Å². The van der Waals surface area contributed by atoms with Crippen LogP contribution in [0, 0.1) is 0 Å². The largest absolute Gasteiger partial charge is 0.478 e. The van der Waals surface area contributed by atoms with Gasteiger partial charge in [-0.25, -0.2) is 0 Å². The lowest BCUT2D eigenvalue weighted by atomic mass is 10.3. The first-order valence-electron chi connectivity index (χ1n) is 4.73. The van der Waals surface area contributed by atoms with E-state index >= 15 is 0 Å². The molecule has 0 atom stereocenters. The van der Waals surface area contributed by atoms with Crippen LogP contribution >= 0.6 is 0 Å². The van der Waals surface area contributed by atoms with E-state index in [0.29, 0.717) is 5.88 Å². The van der Waals surface area contributed by atoms with E-state index in [1.807, 2.05) is 6.07 Å². The molecule has 2 rings (SSSR count). The summed E-state index contributed by atoms with van der Waals surface area (Å²) in [7, 11) is 1.62. The van der Waals surface area contributed by atoms with Gasteiger partial charge in [0.1, 0.15) is 5.69 Å². The monoisotopic (exact) mass is 194 g/mol. The predicted octanol–water partition coefficient (Wildman–Crippen LogP) is -0.105. The Kier molecular flexibility index (Phi) is 2.78. The second-order valence-corrected chi connectivity index (χ2v) is 3.16. The topological polar surface area (TPSA) is 50.3 Å². The summed E-state index contributed by atoms with van der Waals surface area (Å²) in [6, 6.07) is 1.94. The van der Waals surface area contributed by atoms with E-state index in [-0.39, 0.29) is 0 Å². The highest BCUT2D eigenvalue weighted by Gasteiger charge is 2.15. The molecule has 0 aromatic carbocycles. The predicted molar refractivity (Wildman–Crippen MR) is 53.7 cm³/mol. The van der Waals surface area contributed by atoms with Gasteiger partial charge < -0.3 is 15.0 Å². The summed E-state index contributed by atoms with van der Waals surface area (Å²) in [5.41, 5.74) is 1.03. The maximum Gasteiger partial charge on any atom is 0.257 e. The second-order valence-electron chi connectivity index (χ2n) is 3.16. The average Bonchev–Trinajstić information content (AvgIpc) is 2.30. The van der Waals surface area contributed by atoms with Crippen LogP contribution in [0.15, 0.2) is 12.3 Å². The van der Waals surface area contributed by atoms with Crippen molar-refractivity contribution in [2.75, 3.05) is 38.2 Å². The van der Waals surface area contributed by atoms with E-state index in [1.54, 1.807) is 13.3 Å². The summed E-state index contributed by atoms with van der Waals surface area (Å²) in [6.07, 6.45) is 1.69.